The van der Waals surface area contributed by atoms with Gasteiger partial charge in [-0.2, -0.15) is 0 Å². The second-order valence-electron chi connectivity index (χ2n) is 2.14. The van der Waals surface area contributed by atoms with Crippen molar-refractivity contribution in [3.8, 4) is 0 Å². The SMILES string of the molecule is NCCN.NCCN.NCCN.[Se-][Se][Se][Se-].[Se-][Se][Se][Se-].[Se-][Se][Se][Se-].[Sn+4].[Zn+2]. The van der Waals surface area contributed by atoms with Crippen LogP contribution in [0.1, 0.15) is 0 Å². The Morgan fingerprint density at radius 3 is 0.462 bits per heavy atom. The molecule has 0 saturated carbocycles. The largest absolute Gasteiger partial charge is 4.00 e. The van der Waals surface area contributed by atoms with E-state index in [1.165, 1.54) is 0 Å². The van der Waals surface area contributed by atoms with Gasteiger partial charge < -0.3 is 34.4 Å². The summed E-state index contributed by atoms with van der Waals surface area (Å²) in [6, 6.07) is 0. The summed E-state index contributed by atoms with van der Waals surface area (Å²) >= 11 is 22.5. The van der Waals surface area contributed by atoms with Crippen LogP contribution in [-0.2, 0) is 19.5 Å². The van der Waals surface area contributed by atoms with Crippen molar-refractivity contribution in [2.75, 3.05) is 39.3 Å². The maximum Gasteiger partial charge on any atom is 4.00 e. The Hall–Kier alpha value is 7.42. The summed E-state index contributed by atoms with van der Waals surface area (Å²) in [7, 11) is 0. The van der Waals surface area contributed by atoms with Crippen LogP contribution in [0.5, 0.6) is 0 Å². The molecule has 0 heterocycles. The molecule has 0 aromatic rings. The average molecular weight is 1310 g/mol. The molecule has 0 amide bonds. The van der Waals surface area contributed by atoms with Crippen LogP contribution < -0.4 is 34.4 Å². The first kappa shape index (κ1) is 54.4. The van der Waals surface area contributed by atoms with E-state index < -0.39 is 0 Å². The molecule has 0 aliphatic heterocycles. The van der Waals surface area contributed by atoms with Gasteiger partial charge >= 0.3 is 196 Å². The van der Waals surface area contributed by atoms with Gasteiger partial charge in [0, 0.05) is 39.3 Å². The second-order valence-corrected chi connectivity index (χ2v) is 59.0. The van der Waals surface area contributed by atoms with Gasteiger partial charge in [0.05, 0.1) is 0 Å². The van der Waals surface area contributed by atoms with Crippen molar-refractivity contribution in [3.63, 3.8) is 0 Å². The first-order chi connectivity index (χ1) is 11.5. The molecule has 0 spiro atoms. The van der Waals surface area contributed by atoms with Crippen molar-refractivity contribution in [2.24, 2.45) is 34.4 Å². The van der Waals surface area contributed by atoms with Crippen molar-refractivity contribution in [1.82, 2.24) is 0 Å². The number of hydrogen-bond donors (Lipinski definition) is 6. The Kier molecular flexibility index (Phi) is 177. The van der Waals surface area contributed by atoms with E-state index in [9.17, 15) is 0 Å². The summed E-state index contributed by atoms with van der Waals surface area (Å²) in [5.41, 5.74) is 29.4. The van der Waals surface area contributed by atoms with Crippen LogP contribution >= 0.6 is 0 Å². The predicted octanol–water partition coefficient (Wildman–Crippen LogP) is -8.24. The summed E-state index contributed by atoms with van der Waals surface area (Å²) in [5.74, 6) is 0. The van der Waals surface area contributed by atoms with Gasteiger partial charge in [-0.05, 0) is 0 Å². The van der Waals surface area contributed by atoms with Crippen LogP contribution in [0.3, 0.4) is 0 Å². The topological polar surface area (TPSA) is 156 Å². The number of nitrogens with two attached hydrogens (primary N) is 6. The minimum atomic E-state index is 0. The molecule has 0 radical (unpaired) electrons. The van der Waals surface area contributed by atoms with Crippen molar-refractivity contribution >= 4 is 177 Å². The molecule has 0 atom stereocenters. The molecule has 20 heteroatoms. The summed E-state index contributed by atoms with van der Waals surface area (Å²) in [5, 5.41) is 0. The number of hydrogen-bond acceptors (Lipinski definition) is 6. The molecular weight excluding hydrogens is 1290 g/mol. The zero-order valence-corrected chi connectivity index (χ0v) is 40.2. The van der Waals surface area contributed by atoms with E-state index in [4.69, 9.17) is 34.4 Å². The van der Waals surface area contributed by atoms with Crippen LogP contribution in [-0.4, -0.2) is 216 Å². The molecule has 0 aromatic heterocycles. The Morgan fingerprint density at radius 1 is 0.385 bits per heavy atom. The summed E-state index contributed by atoms with van der Waals surface area (Å²) < 4.78 is 0. The standard InChI is InChI=1S/3C2H8N2.3H2Se4.Sn.Zn/c3*3-1-2-4;3*1-3-4-2;;/h3*1-4H2;3*1-2H;;/q;;;;;;+4;+2/p-6. The molecule has 0 fully saturated rings. The van der Waals surface area contributed by atoms with Gasteiger partial charge in [0.1, 0.15) is 0 Å². The van der Waals surface area contributed by atoms with Crippen molar-refractivity contribution in [3.05, 3.63) is 0 Å². The maximum absolute atomic E-state index is 4.90. The van der Waals surface area contributed by atoms with Crippen LogP contribution in [0, 0.1) is 0 Å². The van der Waals surface area contributed by atoms with Gasteiger partial charge in [-0.15, -0.1) is 0 Å². The molecule has 0 aliphatic carbocycles. The normalized spacial score (nSPS) is 6.92. The molecule has 0 rings (SSSR count). The van der Waals surface area contributed by atoms with Crippen molar-refractivity contribution in [1.29, 1.82) is 0 Å². The Labute approximate surface area is 264 Å². The molecule has 0 aromatic carbocycles. The second kappa shape index (κ2) is 84.9. The average Bonchev–Trinajstić information content (AvgIpc) is 2.68. The van der Waals surface area contributed by atoms with E-state index >= 15 is 0 Å². The van der Waals surface area contributed by atoms with Gasteiger partial charge in [0.25, 0.3) is 0 Å². The van der Waals surface area contributed by atoms with E-state index in [0.717, 1.165) is 67.8 Å². The fourth-order valence-corrected chi connectivity index (χ4v) is 0. The van der Waals surface area contributed by atoms with Crippen LogP contribution in [0.4, 0.5) is 0 Å². The quantitative estimate of drug-likeness (QED) is 0.146. The zero-order valence-electron chi connectivity index (χ0n) is 13.8. The maximum atomic E-state index is 4.90. The van der Waals surface area contributed by atoms with Crippen LogP contribution in [0.25, 0.3) is 0 Å². The van der Waals surface area contributed by atoms with E-state index in [1.807, 2.05) is 0 Å². The molecule has 6 nitrogen and oxygen atoms in total. The minimum absolute atomic E-state index is 0. The Bertz CT molecular complexity index is 91.2. The molecule has 26 heavy (non-hydrogen) atoms. The first-order valence-electron chi connectivity index (χ1n) is 5.45. The summed E-state index contributed by atoms with van der Waals surface area (Å²) in [6.07, 6.45) is 0. The minimum Gasteiger partial charge on any atom is 2.00 e. The third-order valence-electron chi connectivity index (χ3n) is 0.583. The number of rotatable bonds is 6. The van der Waals surface area contributed by atoms with Crippen molar-refractivity contribution in [2.45, 2.75) is 0 Å². The zero-order chi connectivity index (χ0) is 20.5. The van der Waals surface area contributed by atoms with E-state index in [-0.39, 0.29) is 43.4 Å². The molecule has 0 bridgehead atoms. The first-order valence-corrected chi connectivity index (χ1v) is 44.4. The van der Waals surface area contributed by atoms with Gasteiger partial charge in [-0.25, -0.2) is 0 Å². The van der Waals surface area contributed by atoms with Gasteiger partial charge in [0.15, 0.2) is 0 Å². The molecule has 12 N–H and O–H groups in total. The third-order valence-corrected chi connectivity index (χ3v) is 61.2. The van der Waals surface area contributed by atoms with E-state index in [2.05, 4.69) is 85.1 Å². The molecular formula is C6H24N6Se12SnZn. The van der Waals surface area contributed by atoms with Gasteiger partial charge in [-0.3, -0.25) is 0 Å². The van der Waals surface area contributed by atoms with E-state index in [1.54, 1.807) is 0 Å². The Morgan fingerprint density at radius 2 is 0.462 bits per heavy atom. The third kappa shape index (κ3) is 161. The monoisotopic (exact) mass is 1320 g/mol. The molecule has 0 unspecified atom stereocenters. The van der Waals surface area contributed by atoms with Crippen LogP contribution in [0.15, 0.2) is 0 Å². The summed E-state index contributed by atoms with van der Waals surface area (Å²) in [6.45, 7) is 3.58. The predicted molar refractivity (Wildman–Crippen MR) is 129 cm³/mol. The van der Waals surface area contributed by atoms with E-state index in [0.29, 0.717) is 39.3 Å². The summed E-state index contributed by atoms with van der Waals surface area (Å²) in [4.78, 5) is 0. The van der Waals surface area contributed by atoms with Crippen molar-refractivity contribution < 1.29 is 19.5 Å². The molecule has 0 saturated heterocycles. The fourth-order valence-electron chi connectivity index (χ4n) is 0. The van der Waals surface area contributed by atoms with Gasteiger partial charge in [0.2, 0.25) is 0 Å². The Balaban J connectivity index is -0.0000000245. The smallest absolute Gasteiger partial charge is 2.00 e. The molecule has 156 valence electrons. The van der Waals surface area contributed by atoms with Crippen LogP contribution in [0.2, 0.25) is 0 Å². The molecule has 0 aliphatic rings. The fraction of sp³-hybridized carbons (Fsp3) is 1.00. The van der Waals surface area contributed by atoms with Gasteiger partial charge in [-0.1, -0.05) is 0 Å².